The lowest BCUT2D eigenvalue weighted by Crippen LogP contribution is -2.37. The minimum Gasteiger partial charge on any atom is -0.479 e. The van der Waals surface area contributed by atoms with Crippen LogP contribution in [0.25, 0.3) is 22.9 Å². The van der Waals surface area contributed by atoms with Crippen molar-refractivity contribution in [2.75, 3.05) is 19.3 Å². The minimum atomic E-state index is -1.14. The lowest BCUT2D eigenvalue weighted by Gasteiger charge is -2.31. The van der Waals surface area contributed by atoms with Crippen LogP contribution in [0.5, 0.6) is 0 Å². The number of rotatable bonds is 15. The zero-order chi connectivity index (χ0) is 37.8. The highest BCUT2D eigenvalue weighted by atomic mass is 35.5. The monoisotopic (exact) mass is 748 g/mol. The van der Waals surface area contributed by atoms with Gasteiger partial charge in [-0.3, -0.25) is 0 Å². The summed E-state index contributed by atoms with van der Waals surface area (Å²) in [6.45, 7) is 11.4. The first-order valence-corrected chi connectivity index (χ1v) is 19.8. The smallest absolute Gasteiger partial charge is 0.335 e. The summed E-state index contributed by atoms with van der Waals surface area (Å²) < 4.78 is 29.2. The predicted molar refractivity (Wildman–Crippen MR) is 207 cm³/mol. The summed E-state index contributed by atoms with van der Waals surface area (Å²) >= 11 is 5.65. The highest BCUT2D eigenvalue weighted by Crippen LogP contribution is 2.37. The number of carboxylic acids is 1. The third-order valence-corrected chi connectivity index (χ3v) is 10.5. The molecule has 0 radical (unpaired) electrons. The average Bonchev–Trinajstić information content (AvgIpc) is 3.79. The highest BCUT2D eigenvalue weighted by Gasteiger charge is 2.31. The van der Waals surface area contributed by atoms with E-state index in [1.54, 1.807) is 13.8 Å². The maximum atomic E-state index is 11.2. The largest absolute Gasteiger partial charge is 0.479 e. The molecule has 0 aliphatic heterocycles. The molecule has 2 saturated carbocycles. The molecule has 9 nitrogen and oxygen atoms in total. The number of benzene rings is 2. The standard InChI is InChI=1S/C25H35NO5.C18H22ClNO2/c1-5-22-21(26-23(31-22)20-11-9-17(2)10-12-20)16-29-14-18-7-6-8-19(13-18)15-30-25(3,4)24(27)28;1-13-7-9-15(10-8-13)18-20-16(11-21-12-19)17(22-18)14-5-3-2-4-6-14/h9-12,18-19H,5-8,13-16H2,1-4H3,(H,27,28);7-10,14H,2-6,11-12H2,1H3/t18-,19+;/m1./s1. The van der Waals surface area contributed by atoms with E-state index in [1.807, 2.05) is 12.1 Å². The first kappa shape index (κ1) is 40.7. The average molecular weight is 749 g/mol. The van der Waals surface area contributed by atoms with Gasteiger partial charge in [0.2, 0.25) is 11.8 Å². The molecule has 2 aromatic heterocycles. The van der Waals surface area contributed by atoms with Gasteiger partial charge < -0.3 is 28.2 Å². The Morgan fingerprint density at radius 1 is 0.792 bits per heavy atom. The molecule has 2 aliphatic carbocycles. The van der Waals surface area contributed by atoms with Gasteiger partial charge in [0.05, 0.1) is 19.8 Å². The summed E-state index contributed by atoms with van der Waals surface area (Å²) in [5.41, 5.74) is 5.07. The van der Waals surface area contributed by atoms with E-state index < -0.39 is 11.6 Å². The molecule has 0 unspecified atom stereocenters. The molecule has 0 amide bonds. The molecule has 4 aromatic rings. The topological polar surface area (TPSA) is 117 Å². The molecular weight excluding hydrogens is 692 g/mol. The summed E-state index contributed by atoms with van der Waals surface area (Å²) in [6.07, 6.45) is 11.3. The molecule has 0 bridgehead atoms. The Hall–Kier alpha value is -3.50. The Balaban J connectivity index is 0.000000216. The van der Waals surface area contributed by atoms with E-state index in [9.17, 15) is 9.90 Å². The van der Waals surface area contributed by atoms with Gasteiger partial charge in [-0.1, -0.05) is 79.6 Å². The molecule has 10 heteroatoms. The molecule has 288 valence electrons. The van der Waals surface area contributed by atoms with Gasteiger partial charge in [-0.15, -0.1) is 0 Å². The van der Waals surface area contributed by atoms with Gasteiger partial charge in [-0.05, 0) is 95.9 Å². The van der Waals surface area contributed by atoms with Crippen LogP contribution in [-0.4, -0.2) is 45.9 Å². The van der Waals surface area contributed by atoms with E-state index >= 15 is 0 Å². The Kier molecular flexibility index (Phi) is 15.1. The summed E-state index contributed by atoms with van der Waals surface area (Å²) in [6, 6.07) is 16.6. The van der Waals surface area contributed by atoms with E-state index in [4.69, 9.17) is 34.6 Å². The number of aromatic nitrogens is 2. The van der Waals surface area contributed by atoms with Crippen molar-refractivity contribution in [1.82, 2.24) is 9.97 Å². The van der Waals surface area contributed by atoms with E-state index in [2.05, 4.69) is 67.1 Å². The van der Waals surface area contributed by atoms with Crippen LogP contribution < -0.4 is 0 Å². The second-order valence-electron chi connectivity index (χ2n) is 15.1. The van der Waals surface area contributed by atoms with Crippen LogP contribution >= 0.6 is 11.6 Å². The van der Waals surface area contributed by atoms with Crippen molar-refractivity contribution in [1.29, 1.82) is 0 Å². The van der Waals surface area contributed by atoms with Gasteiger partial charge in [0.15, 0.2) is 5.60 Å². The first-order chi connectivity index (χ1) is 25.6. The van der Waals surface area contributed by atoms with Crippen molar-refractivity contribution in [3.05, 3.63) is 82.6 Å². The first-order valence-electron chi connectivity index (χ1n) is 19.3. The van der Waals surface area contributed by atoms with Crippen molar-refractivity contribution < 1.29 is 32.9 Å². The minimum absolute atomic E-state index is 0.177. The molecule has 2 atom stereocenters. The Bertz CT molecular complexity index is 1710. The fraction of sp³-hybridized carbons (Fsp3) is 0.558. The van der Waals surface area contributed by atoms with Crippen LogP contribution in [0.2, 0.25) is 0 Å². The summed E-state index contributed by atoms with van der Waals surface area (Å²) in [7, 11) is 0. The van der Waals surface area contributed by atoms with Crippen molar-refractivity contribution >= 4 is 17.6 Å². The summed E-state index contributed by atoms with van der Waals surface area (Å²) in [4.78, 5) is 20.6. The Morgan fingerprint density at radius 2 is 1.36 bits per heavy atom. The van der Waals surface area contributed by atoms with Crippen LogP contribution in [0.15, 0.2) is 57.4 Å². The van der Waals surface area contributed by atoms with Crippen molar-refractivity contribution in [3.63, 3.8) is 0 Å². The van der Waals surface area contributed by atoms with Crippen molar-refractivity contribution in [2.45, 2.75) is 124 Å². The van der Waals surface area contributed by atoms with Crippen LogP contribution in [0.3, 0.4) is 0 Å². The number of hydrogen-bond acceptors (Lipinski definition) is 8. The van der Waals surface area contributed by atoms with E-state index in [-0.39, 0.29) is 6.07 Å². The molecule has 6 rings (SSSR count). The summed E-state index contributed by atoms with van der Waals surface area (Å²) in [5.74, 6) is 3.60. The van der Waals surface area contributed by atoms with Gasteiger partial charge in [0, 0.05) is 30.1 Å². The number of alkyl halides is 1. The maximum absolute atomic E-state index is 11.2. The molecular formula is C43H57ClN2O7. The third kappa shape index (κ3) is 11.7. The molecule has 2 heterocycles. The number of nitrogens with zero attached hydrogens (tertiary/aromatic N) is 2. The van der Waals surface area contributed by atoms with Gasteiger partial charge in [-0.2, -0.15) is 0 Å². The van der Waals surface area contributed by atoms with E-state index in [0.29, 0.717) is 56.0 Å². The lowest BCUT2D eigenvalue weighted by atomic mass is 9.82. The van der Waals surface area contributed by atoms with Crippen LogP contribution in [0.1, 0.15) is 119 Å². The zero-order valence-corrected chi connectivity index (χ0v) is 32.9. The van der Waals surface area contributed by atoms with Crippen molar-refractivity contribution in [2.24, 2.45) is 11.8 Å². The van der Waals surface area contributed by atoms with E-state index in [1.165, 1.54) is 43.2 Å². The number of hydrogen-bond donors (Lipinski definition) is 1. The fourth-order valence-electron chi connectivity index (χ4n) is 7.11. The Labute approximate surface area is 319 Å². The van der Waals surface area contributed by atoms with Gasteiger partial charge >= 0.3 is 5.97 Å². The maximum Gasteiger partial charge on any atom is 0.335 e. The van der Waals surface area contributed by atoms with Crippen LogP contribution in [0, 0.1) is 25.7 Å². The predicted octanol–water partition coefficient (Wildman–Crippen LogP) is 10.8. The zero-order valence-electron chi connectivity index (χ0n) is 32.1. The number of ether oxygens (including phenoxy) is 3. The lowest BCUT2D eigenvalue weighted by molar-refractivity contribution is -0.163. The number of halogens is 1. The van der Waals surface area contributed by atoms with Gasteiger partial charge in [-0.25, -0.2) is 14.8 Å². The van der Waals surface area contributed by atoms with E-state index in [0.717, 1.165) is 66.1 Å². The molecule has 0 saturated heterocycles. The molecule has 1 N–H and O–H groups in total. The number of aliphatic carboxylic acids is 1. The van der Waals surface area contributed by atoms with Crippen LogP contribution in [-0.2, 0) is 38.6 Å². The van der Waals surface area contributed by atoms with Crippen molar-refractivity contribution in [3.8, 4) is 22.9 Å². The molecule has 0 spiro atoms. The van der Waals surface area contributed by atoms with Crippen LogP contribution in [0.4, 0.5) is 0 Å². The quantitative estimate of drug-likeness (QED) is 0.119. The van der Waals surface area contributed by atoms with Gasteiger partial charge in [0.25, 0.3) is 0 Å². The molecule has 2 aromatic carbocycles. The second kappa shape index (κ2) is 19.7. The summed E-state index contributed by atoms with van der Waals surface area (Å²) in [5, 5.41) is 9.22. The Morgan fingerprint density at radius 3 is 1.94 bits per heavy atom. The second-order valence-corrected chi connectivity index (χ2v) is 15.4. The normalized spacial score (nSPS) is 18.1. The molecule has 2 fully saturated rings. The fourth-order valence-corrected chi connectivity index (χ4v) is 7.19. The number of oxazole rings is 2. The van der Waals surface area contributed by atoms with Gasteiger partial charge in [0.1, 0.15) is 29.0 Å². The highest BCUT2D eigenvalue weighted by molar-refractivity contribution is 6.17. The molecule has 53 heavy (non-hydrogen) atoms. The number of carbonyl (C=O) groups is 1. The number of carboxylic acid groups (broad SMARTS) is 1. The molecule has 2 aliphatic rings. The third-order valence-electron chi connectivity index (χ3n) is 10.4. The number of aryl methyl sites for hydroxylation is 3. The SMILES string of the molecule is CCc1oc(-c2ccc(C)cc2)nc1COC[C@@H]1CCC[C@H](COC(C)(C)C(=O)O)C1.Cc1ccc(-c2nc(COCCl)c(C3CCCCC3)o2)cc1.